The lowest BCUT2D eigenvalue weighted by atomic mass is 9.93. The smallest absolute Gasteiger partial charge is 0.127 e. The van der Waals surface area contributed by atoms with Crippen LogP contribution < -0.4 is 4.74 Å². The summed E-state index contributed by atoms with van der Waals surface area (Å²) in [6, 6.07) is 27.5. The van der Waals surface area contributed by atoms with Gasteiger partial charge in [0.05, 0.1) is 0 Å². The molecule has 1 atom stereocenters. The molecular weight excluding hydrogens is 340 g/mol. The zero-order valence-corrected chi connectivity index (χ0v) is 17.2. The van der Waals surface area contributed by atoms with Gasteiger partial charge in [-0.1, -0.05) is 90.9 Å². The van der Waals surface area contributed by atoms with E-state index in [0.29, 0.717) is 12.5 Å². The fourth-order valence-electron chi connectivity index (χ4n) is 3.61. The van der Waals surface area contributed by atoms with Gasteiger partial charge in [-0.3, -0.25) is 0 Å². The van der Waals surface area contributed by atoms with Crippen LogP contribution in [0.15, 0.2) is 84.4 Å². The van der Waals surface area contributed by atoms with Crippen LogP contribution in [-0.4, -0.2) is 0 Å². The fraction of sp³-hybridized carbons (Fsp3) is 0.259. The molecule has 0 aromatic heterocycles. The molecule has 1 unspecified atom stereocenters. The van der Waals surface area contributed by atoms with Crippen LogP contribution >= 0.6 is 0 Å². The van der Waals surface area contributed by atoms with Gasteiger partial charge in [-0.15, -0.1) is 0 Å². The monoisotopic (exact) mass is 370 g/mol. The molecule has 0 fully saturated rings. The summed E-state index contributed by atoms with van der Waals surface area (Å²) in [6.07, 6.45) is 4.48. The van der Waals surface area contributed by atoms with Gasteiger partial charge >= 0.3 is 0 Å². The standard InChI is InChI=1S/C27H30O/c1-21-14-15-27(28-20-25-12-8-5-9-13-25)26(18-21)19-23(3)16-22(2)17-24-10-6-4-7-11-24/h4-15,18-19,22H,16-17,20H2,1-3H3. The number of aryl methyl sites for hydroxylation is 1. The maximum atomic E-state index is 6.14. The van der Waals surface area contributed by atoms with Gasteiger partial charge in [0, 0.05) is 5.56 Å². The van der Waals surface area contributed by atoms with E-state index >= 15 is 0 Å². The Bertz CT molecular complexity index is 894. The maximum Gasteiger partial charge on any atom is 0.127 e. The van der Waals surface area contributed by atoms with Crippen molar-refractivity contribution in [3.63, 3.8) is 0 Å². The first-order chi connectivity index (χ1) is 13.6. The minimum atomic E-state index is 0.591. The SMILES string of the molecule is CC(=Cc1cc(C)ccc1OCc1ccccc1)CC(C)Cc1ccccc1. The van der Waals surface area contributed by atoms with Gasteiger partial charge in [0.25, 0.3) is 0 Å². The molecule has 0 spiro atoms. The van der Waals surface area contributed by atoms with Crippen molar-refractivity contribution in [2.75, 3.05) is 0 Å². The van der Waals surface area contributed by atoms with Crippen LogP contribution in [0.4, 0.5) is 0 Å². The molecule has 0 radical (unpaired) electrons. The quantitative estimate of drug-likeness (QED) is 0.406. The first kappa shape index (κ1) is 19.9. The normalized spacial score (nSPS) is 12.6. The first-order valence-electron chi connectivity index (χ1n) is 10.1. The third-order valence-corrected chi connectivity index (χ3v) is 4.90. The summed E-state index contributed by atoms with van der Waals surface area (Å²) in [5, 5.41) is 0. The third kappa shape index (κ3) is 6.13. The van der Waals surface area contributed by atoms with Gasteiger partial charge in [0.1, 0.15) is 12.4 Å². The molecule has 3 rings (SSSR count). The molecule has 0 aliphatic heterocycles. The molecule has 3 aromatic rings. The van der Waals surface area contributed by atoms with E-state index in [-0.39, 0.29) is 0 Å². The third-order valence-electron chi connectivity index (χ3n) is 4.90. The van der Waals surface area contributed by atoms with E-state index in [1.807, 2.05) is 18.2 Å². The van der Waals surface area contributed by atoms with Crippen molar-refractivity contribution in [1.82, 2.24) is 0 Å². The molecule has 0 aliphatic carbocycles. The average Bonchev–Trinajstić information content (AvgIpc) is 2.68. The van der Waals surface area contributed by atoms with Crippen molar-refractivity contribution >= 4 is 6.08 Å². The Hall–Kier alpha value is -2.80. The van der Waals surface area contributed by atoms with Crippen molar-refractivity contribution in [3.8, 4) is 5.75 Å². The Morgan fingerprint density at radius 1 is 0.893 bits per heavy atom. The van der Waals surface area contributed by atoms with Crippen molar-refractivity contribution in [2.45, 2.75) is 40.2 Å². The molecule has 28 heavy (non-hydrogen) atoms. The summed E-state index contributed by atoms with van der Waals surface area (Å²) in [4.78, 5) is 0. The zero-order valence-electron chi connectivity index (χ0n) is 17.2. The van der Waals surface area contributed by atoms with Crippen LogP contribution in [0.2, 0.25) is 0 Å². The van der Waals surface area contributed by atoms with Gasteiger partial charge in [0.2, 0.25) is 0 Å². The Balaban J connectivity index is 1.68. The van der Waals surface area contributed by atoms with E-state index in [1.165, 1.54) is 27.8 Å². The van der Waals surface area contributed by atoms with Gasteiger partial charge in [-0.2, -0.15) is 0 Å². The Kier molecular flexibility index (Phi) is 7.08. The molecule has 0 N–H and O–H groups in total. The number of rotatable bonds is 8. The second-order valence-corrected chi connectivity index (χ2v) is 7.81. The molecule has 3 aromatic carbocycles. The van der Waals surface area contributed by atoms with Crippen LogP contribution in [0.5, 0.6) is 5.75 Å². The van der Waals surface area contributed by atoms with Crippen molar-refractivity contribution in [2.24, 2.45) is 5.92 Å². The van der Waals surface area contributed by atoms with Gasteiger partial charge in [-0.25, -0.2) is 0 Å². The highest BCUT2D eigenvalue weighted by Crippen LogP contribution is 2.26. The summed E-state index contributed by atoms with van der Waals surface area (Å²) in [5.74, 6) is 1.56. The molecule has 0 saturated heterocycles. The van der Waals surface area contributed by atoms with Crippen LogP contribution in [0.3, 0.4) is 0 Å². The summed E-state index contributed by atoms with van der Waals surface area (Å²) in [7, 11) is 0. The highest BCUT2D eigenvalue weighted by Gasteiger charge is 2.07. The minimum Gasteiger partial charge on any atom is -0.488 e. The fourth-order valence-corrected chi connectivity index (χ4v) is 3.61. The molecular formula is C27H30O. The molecule has 0 bridgehead atoms. The average molecular weight is 371 g/mol. The molecule has 0 amide bonds. The molecule has 0 saturated carbocycles. The zero-order chi connectivity index (χ0) is 19.8. The van der Waals surface area contributed by atoms with E-state index in [9.17, 15) is 0 Å². The van der Waals surface area contributed by atoms with Crippen molar-refractivity contribution in [1.29, 1.82) is 0 Å². The molecule has 144 valence electrons. The maximum absolute atomic E-state index is 6.14. The van der Waals surface area contributed by atoms with E-state index in [0.717, 1.165) is 18.6 Å². The molecule has 1 heteroatoms. The Morgan fingerprint density at radius 2 is 1.54 bits per heavy atom. The topological polar surface area (TPSA) is 9.23 Å². The lowest BCUT2D eigenvalue weighted by Crippen LogP contribution is -2.01. The Labute approximate surface area is 169 Å². The van der Waals surface area contributed by atoms with Crippen LogP contribution in [0.25, 0.3) is 6.08 Å². The highest BCUT2D eigenvalue weighted by atomic mass is 16.5. The predicted molar refractivity (Wildman–Crippen MR) is 120 cm³/mol. The van der Waals surface area contributed by atoms with Crippen molar-refractivity contribution in [3.05, 3.63) is 107 Å². The van der Waals surface area contributed by atoms with Crippen LogP contribution in [0.1, 0.15) is 42.5 Å². The molecule has 1 nitrogen and oxygen atoms in total. The predicted octanol–water partition coefficient (Wildman–Crippen LogP) is 7.25. The number of ether oxygens (including phenoxy) is 1. The van der Waals surface area contributed by atoms with Crippen molar-refractivity contribution < 1.29 is 4.74 Å². The van der Waals surface area contributed by atoms with E-state index in [2.05, 4.69) is 87.5 Å². The van der Waals surface area contributed by atoms with Crippen LogP contribution in [-0.2, 0) is 13.0 Å². The minimum absolute atomic E-state index is 0.591. The number of hydrogen-bond acceptors (Lipinski definition) is 1. The molecule has 0 aliphatic rings. The second kappa shape index (κ2) is 9.94. The number of hydrogen-bond donors (Lipinski definition) is 0. The lowest BCUT2D eigenvalue weighted by molar-refractivity contribution is 0.305. The lowest BCUT2D eigenvalue weighted by Gasteiger charge is -2.14. The number of allylic oxidation sites excluding steroid dienone is 1. The highest BCUT2D eigenvalue weighted by molar-refractivity contribution is 5.60. The largest absolute Gasteiger partial charge is 0.488 e. The van der Waals surface area contributed by atoms with E-state index in [1.54, 1.807) is 0 Å². The summed E-state index contributed by atoms with van der Waals surface area (Å²) < 4.78 is 6.14. The molecule has 0 heterocycles. The number of benzene rings is 3. The van der Waals surface area contributed by atoms with E-state index in [4.69, 9.17) is 4.74 Å². The summed E-state index contributed by atoms with van der Waals surface area (Å²) >= 11 is 0. The second-order valence-electron chi connectivity index (χ2n) is 7.81. The van der Waals surface area contributed by atoms with Crippen LogP contribution in [0, 0.1) is 12.8 Å². The summed E-state index contributed by atoms with van der Waals surface area (Å²) in [6.45, 7) is 7.28. The van der Waals surface area contributed by atoms with E-state index < -0.39 is 0 Å². The van der Waals surface area contributed by atoms with Gasteiger partial charge in [-0.05, 0) is 55.9 Å². The Morgan fingerprint density at radius 3 is 2.21 bits per heavy atom. The van der Waals surface area contributed by atoms with Gasteiger partial charge in [0.15, 0.2) is 0 Å². The first-order valence-corrected chi connectivity index (χ1v) is 10.1. The summed E-state index contributed by atoms with van der Waals surface area (Å²) in [5.41, 5.74) is 6.40. The van der Waals surface area contributed by atoms with Gasteiger partial charge < -0.3 is 4.74 Å².